The summed E-state index contributed by atoms with van der Waals surface area (Å²) in [7, 11) is 0. The number of benzene rings is 1. The number of thiophene rings is 1. The summed E-state index contributed by atoms with van der Waals surface area (Å²) in [5, 5.41) is 7.98. The molecule has 2 N–H and O–H groups in total. The summed E-state index contributed by atoms with van der Waals surface area (Å²) in [6.07, 6.45) is 7.71. The molecule has 8 heteroatoms. The monoisotopic (exact) mass is 532 g/mol. The van der Waals surface area contributed by atoms with Crippen molar-refractivity contribution in [1.82, 2.24) is 15.2 Å². The van der Waals surface area contributed by atoms with Crippen LogP contribution < -0.4 is 10.6 Å². The number of hydrogen-bond donors (Lipinski definition) is 2. The minimum atomic E-state index is -0.741. The smallest absolute Gasteiger partial charge is 0.247 e. The van der Waals surface area contributed by atoms with E-state index in [1.807, 2.05) is 48.7 Å². The number of aromatic nitrogens is 1. The van der Waals surface area contributed by atoms with Crippen molar-refractivity contribution in [2.75, 3.05) is 5.32 Å². The third-order valence-corrected chi connectivity index (χ3v) is 7.72. The van der Waals surface area contributed by atoms with E-state index in [0.717, 1.165) is 41.7 Å². The van der Waals surface area contributed by atoms with Gasteiger partial charge in [-0.3, -0.25) is 14.4 Å². The molecule has 1 aliphatic carbocycles. The van der Waals surface area contributed by atoms with Crippen molar-refractivity contribution in [1.29, 1.82) is 0 Å². The molecular weight excluding hydrogens is 496 g/mol. The molecule has 38 heavy (non-hydrogen) atoms. The number of anilines is 1. The van der Waals surface area contributed by atoms with Crippen LogP contribution >= 0.6 is 11.3 Å². The van der Waals surface area contributed by atoms with E-state index in [1.165, 1.54) is 6.42 Å². The van der Waals surface area contributed by atoms with Gasteiger partial charge in [0.1, 0.15) is 11.9 Å². The summed E-state index contributed by atoms with van der Waals surface area (Å²) >= 11 is 1.56. The lowest BCUT2D eigenvalue weighted by atomic mass is 9.94. The standard InChI is InChI=1S/C30H36N4O3S/c1-22-15-17-23(18-16-22)29(30(37)32-24-9-3-2-4-10-24)34(21-25-11-8-20-38-25)28(36)14-7-13-27(35)33-26-12-5-6-19-31-26/h5-6,8,11-12,15-20,24,29H,2-4,7,9-10,13-14,21H2,1H3,(H,32,37)(H,31,33,35)/t29-/m0/s1. The molecule has 1 saturated carbocycles. The summed E-state index contributed by atoms with van der Waals surface area (Å²) in [5.41, 5.74) is 1.89. The minimum absolute atomic E-state index is 0.137. The molecule has 200 valence electrons. The largest absolute Gasteiger partial charge is 0.351 e. The first-order valence-corrected chi connectivity index (χ1v) is 14.3. The van der Waals surface area contributed by atoms with Crippen molar-refractivity contribution >= 4 is 34.9 Å². The van der Waals surface area contributed by atoms with Crippen LogP contribution in [-0.4, -0.2) is 33.6 Å². The number of rotatable bonds is 11. The quantitative estimate of drug-likeness (QED) is 0.328. The second kappa shape index (κ2) is 13.9. The number of carbonyl (C=O) groups is 3. The van der Waals surface area contributed by atoms with Crippen molar-refractivity contribution in [3.8, 4) is 0 Å². The predicted octanol–water partition coefficient (Wildman–Crippen LogP) is 5.78. The maximum Gasteiger partial charge on any atom is 0.247 e. The zero-order valence-electron chi connectivity index (χ0n) is 21.9. The normalized spacial score (nSPS) is 14.4. The molecule has 2 aromatic heterocycles. The van der Waals surface area contributed by atoms with E-state index in [0.29, 0.717) is 18.8 Å². The van der Waals surface area contributed by atoms with Crippen molar-refractivity contribution in [3.05, 3.63) is 82.2 Å². The van der Waals surface area contributed by atoms with Crippen LogP contribution in [0.3, 0.4) is 0 Å². The Morgan fingerprint density at radius 1 is 1.00 bits per heavy atom. The van der Waals surface area contributed by atoms with Gasteiger partial charge in [0.15, 0.2) is 0 Å². The number of pyridine rings is 1. The molecule has 0 radical (unpaired) electrons. The fraction of sp³-hybridized carbons (Fsp3) is 0.400. The van der Waals surface area contributed by atoms with E-state index in [-0.39, 0.29) is 36.6 Å². The fourth-order valence-corrected chi connectivity index (χ4v) is 5.53. The van der Waals surface area contributed by atoms with E-state index in [4.69, 9.17) is 0 Å². The Morgan fingerprint density at radius 3 is 2.47 bits per heavy atom. The van der Waals surface area contributed by atoms with Gasteiger partial charge in [0, 0.05) is 30.0 Å². The summed E-state index contributed by atoms with van der Waals surface area (Å²) < 4.78 is 0. The third kappa shape index (κ3) is 7.99. The van der Waals surface area contributed by atoms with Gasteiger partial charge in [-0.05, 0) is 55.3 Å². The van der Waals surface area contributed by atoms with Crippen LogP contribution in [0.15, 0.2) is 66.2 Å². The van der Waals surface area contributed by atoms with Crippen LogP contribution in [0.25, 0.3) is 0 Å². The molecule has 0 unspecified atom stereocenters. The van der Waals surface area contributed by atoms with Crippen LogP contribution in [0.5, 0.6) is 0 Å². The van der Waals surface area contributed by atoms with Gasteiger partial charge in [0.25, 0.3) is 0 Å². The summed E-state index contributed by atoms with van der Waals surface area (Å²) in [6.45, 7) is 2.35. The van der Waals surface area contributed by atoms with Crippen LogP contribution in [-0.2, 0) is 20.9 Å². The van der Waals surface area contributed by atoms with E-state index < -0.39 is 6.04 Å². The first-order valence-electron chi connectivity index (χ1n) is 13.4. The van der Waals surface area contributed by atoms with Gasteiger partial charge >= 0.3 is 0 Å². The summed E-state index contributed by atoms with van der Waals surface area (Å²) in [4.78, 5) is 46.7. The maximum atomic E-state index is 13.8. The van der Waals surface area contributed by atoms with Crippen LogP contribution in [0.1, 0.15) is 73.4 Å². The Balaban J connectivity index is 1.50. The van der Waals surface area contributed by atoms with E-state index in [2.05, 4.69) is 15.6 Å². The highest BCUT2D eigenvalue weighted by Crippen LogP contribution is 2.28. The second-order valence-electron chi connectivity index (χ2n) is 9.87. The van der Waals surface area contributed by atoms with Crippen molar-refractivity contribution in [2.45, 2.75) is 76.9 Å². The average molecular weight is 533 g/mol. The Bertz CT molecular complexity index is 1180. The molecule has 3 aromatic rings. The lowest BCUT2D eigenvalue weighted by Gasteiger charge is -2.33. The Labute approximate surface area is 228 Å². The van der Waals surface area contributed by atoms with Crippen LogP contribution in [0.2, 0.25) is 0 Å². The topological polar surface area (TPSA) is 91.4 Å². The third-order valence-electron chi connectivity index (χ3n) is 6.86. The Kier molecular flexibility index (Phi) is 10.0. The van der Waals surface area contributed by atoms with E-state index >= 15 is 0 Å². The molecule has 2 heterocycles. The number of nitrogens with zero attached hydrogens (tertiary/aromatic N) is 2. The Morgan fingerprint density at radius 2 is 1.79 bits per heavy atom. The molecule has 0 bridgehead atoms. The van der Waals surface area contributed by atoms with Gasteiger partial charge in [-0.1, -0.05) is 61.2 Å². The Hall–Kier alpha value is -3.52. The van der Waals surface area contributed by atoms with Gasteiger partial charge in [-0.2, -0.15) is 0 Å². The van der Waals surface area contributed by atoms with Crippen molar-refractivity contribution in [2.24, 2.45) is 0 Å². The second-order valence-corrected chi connectivity index (χ2v) is 10.9. The molecule has 1 atom stereocenters. The molecule has 1 fully saturated rings. The summed E-state index contributed by atoms with van der Waals surface area (Å²) in [6, 6.07) is 16.5. The number of nitrogens with one attached hydrogen (secondary N) is 2. The molecule has 7 nitrogen and oxygen atoms in total. The molecule has 1 aromatic carbocycles. The van der Waals surface area contributed by atoms with Crippen LogP contribution in [0, 0.1) is 6.92 Å². The zero-order chi connectivity index (χ0) is 26.7. The van der Waals surface area contributed by atoms with Gasteiger partial charge < -0.3 is 15.5 Å². The van der Waals surface area contributed by atoms with E-state index in [9.17, 15) is 14.4 Å². The van der Waals surface area contributed by atoms with Gasteiger partial charge in [-0.25, -0.2) is 4.98 Å². The van der Waals surface area contributed by atoms with Crippen molar-refractivity contribution in [3.63, 3.8) is 0 Å². The van der Waals surface area contributed by atoms with E-state index in [1.54, 1.807) is 40.6 Å². The maximum absolute atomic E-state index is 13.8. The SMILES string of the molecule is Cc1ccc([C@@H](C(=O)NC2CCCCC2)N(Cc2cccs2)C(=O)CCCC(=O)Nc2ccccn2)cc1. The first-order chi connectivity index (χ1) is 18.5. The average Bonchev–Trinajstić information content (AvgIpc) is 3.44. The highest BCUT2D eigenvalue weighted by Gasteiger charge is 2.33. The van der Waals surface area contributed by atoms with Crippen LogP contribution in [0.4, 0.5) is 5.82 Å². The number of aryl methyl sites for hydroxylation is 1. The lowest BCUT2D eigenvalue weighted by Crippen LogP contribution is -2.46. The van der Waals surface area contributed by atoms with Crippen molar-refractivity contribution < 1.29 is 14.4 Å². The number of hydrogen-bond acceptors (Lipinski definition) is 5. The molecular formula is C30H36N4O3S. The lowest BCUT2D eigenvalue weighted by molar-refractivity contribution is -0.142. The van der Waals surface area contributed by atoms with Gasteiger partial charge in [0.05, 0.1) is 6.54 Å². The molecule has 0 saturated heterocycles. The molecule has 3 amide bonds. The summed E-state index contributed by atoms with van der Waals surface area (Å²) in [5.74, 6) is 0.0142. The first kappa shape index (κ1) is 27.5. The fourth-order valence-electron chi connectivity index (χ4n) is 4.83. The van der Waals surface area contributed by atoms with Gasteiger partial charge in [-0.15, -0.1) is 11.3 Å². The predicted molar refractivity (Wildman–Crippen MR) is 151 cm³/mol. The molecule has 1 aliphatic rings. The van der Waals surface area contributed by atoms with Gasteiger partial charge in [0.2, 0.25) is 17.7 Å². The number of amides is 3. The minimum Gasteiger partial charge on any atom is -0.351 e. The molecule has 0 aliphatic heterocycles. The molecule has 4 rings (SSSR count). The zero-order valence-corrected chi connectivity index (χ0v) is 22.7. The number of carbonyl (C=O) groups excluding carboxylic acids is 3. The highest BCUT2D eigenvalue weighted by atomic mass is 32.1. The highest BCUT2D eigenvalue weighted by molar-refractivity contribution is 7.09. The molecule has 0 spiro atoms.